The summed E-state index contributed by atoms with van der Waals surface area (Å²) >= 11 is 0. The van der Waals surface area contributed by atoms with E-state index in [0.717, 1.165) is 22.5 Å². The Kier molecular flexibility index (Phi) is 5.31. The topological polar surface area (TPSA) is 67.2 Å². The van der Waals surface area contributed by atoms with E-state index in [1.165, 1.54) is 12.1 Å². The van der Waals surface area contributed by atoms with E-state index in [1.807, 2.05) is 32.0 Å². The van der Waals surface area contributed by atoms with E-state index in [9.17, 15) is 9.18 Å². The number of hydrogen-bond donors (Lipinski definition) is 2. The molecule has 0 spiro atoms. The van der Waals surface area contributed by atoms with E-state index >= 15 is 0 Å². The fourth-order valence-corrected chi connectivity index (χ4v) is 2.62. The van der Waals surface area contributed by atoms with Crippen molar-refractivity contribution in [1.29, 1.82) is 0 Å². The Labute approximate surface area is 151 Å². The molecule has 1 aromatic heterocycles. The van der Waals surface area contributed by atoms with E-state index in [-0.39, 0.29) is 11.8 Å². The zero-order chi connectivity index (χ0) is 18.5. The Hall–Kier alpha value is -3.15. The largest absolute Gasteiger partial charge is 0.444 e. The first-order valence-corrected chi connectivity index (χ1v) is 8.34. The summed E-state index contributed by atoms with van der Waals surface area (Å²) in [5, 5.41) is 5.68. The molecule has 3 aromatic rings. The third-order valence-electron chi connectivity index (χ3n) is 4.03. The van der Waals surface area contributed by atoms with Crippen LogP contribution in [-0.2, 0) is 6.42 Å². The molecule has 2 amide bonds. The lowest BCUT2D eigenvalue weighted by atomic mass is 10.1. The normalized spacial score (nSPS) is 10.6. The number of benzene rings is 2. The van der Waals surface area contributed by atoms with Crippen LogP contribution in [0.5, 0.6) is 0 Å². The summed E-state index contributed by atoms with van der Waals surface area (Å²) in [5.41, 5.74) is 4.28. The third kappa shape index (κ3) is 4.27. The van der Waals surface area contributed by atoms with Gasteiger partial charge in [0.05, 0.1) is 5.69 Å². The highest BCUT2D eigenvalue weighted by Gasteiger charge is 2.09. The summed E-state index contributed by atoms with van der Waals surface area (Å²) < 4.78 is 18.4. The number of aromatic nitrogens is 1. The smallest absolute Gasteiger partial charge is 0.319 e. The molecule has 0 aliphatic rings. The second-order valence-electron chi connectivity index (χ2n) is 6.05. The minimum absolute atomic E-state index is 0.260. The predicted molar refractivity (Wildman–Crippen MR) is 98.5 cm³/mol. The van der Waals surface area contributed by atoms with E-state index in [4.69, 9.17) is 4.42 Å². The van der Waals surface area contributed by atoms with Crippen LogP contribution in [0.25, 0.3) is 11.5 Å². The molecule has 26 heavy (non-hydrogen) atoms. The molecule has 0 aliphatic heterocycles. The van der Waals surface area contributed by atoms with Crippen LogP contribution in [0.1, 0.15) is 16.8 Å². The average molecular weight is 353 g/mol. The molecule has 0 aliphatic carbocycles. The molecule has 6 heteroatoms. The number of nitrogens with zero attached hydrogens (tertiary/aromatic N) is 1. The van der Waals surface area contributed by atoms with Crippen molar-refractivity contribution in [2.45, 2.75) is 20.3 Å². The molecule has 2 N–H and O–H groups in total. The van der Waals surface area contributed by atoms with Gasteiger partial charge >= 0.3 is 6.03 Å². The van der Waals surface area contributed by atoms with Gasteiger partial charge in [-0.2, -0.15) is 0 Å². The summed E-state index contributed by atoms with van der Waals surface area (Å²) in [6.45, 7) is 4.33. The number of para-hydroxylation sites is 1. The first kappa shape index (κ1) is 17.7. The number of urea groups is 1. The summed E-state index contributed by atoms with van der Waals surface area (Å²) in [7, 11) is 0. The van der Waals surface area contributed by atoms with E-state index in [0.29, 0.717) is 24.4 Å². The molecule has 3 rings (SSSR count). The Morgan fingerprint density at radius 3 is 2.50 bits per heavy atom. The maximum atomic E-state index is 13.0. The fraction of sp³-hybridized carbons (Fsp3) is 0.200. The second kappa shape index (κ2) is 7.82. The lowest BCUT2D eigenvalue weighted by Crippen LogP contribution is -2.31. The highest BCUT2D eigenvalue weighted by molar-refractivity contribution is 5.90. The lowest BCUT2D eigenvalue weighted by Gasteiger charge is -2.12. The van der Waals surface area contributed by atoms with Gasteiger partial charge in [0.15, 0.2) is 0 Å². The summed E-state index contributed by atoms with van der Waals surface area (Å²) in [6, 6.07) is 11.5. The van der Waals surface area contributed by atoms with Crippen molar-refractivity contribution in [1.82, 2.24) is 10.3 Å². The molecule has 0 saturated heterocycles. The molecule has 0 fully saturated rings. The molecular formula is C20H20FN3O2. The van der Waals surface area contributed by atoms with Crippen molar-refractivity contribution in [2.75, 3.05) is 11.9 Å². The number of amides is 2. The van der Waals surface area contributed by atoms with Crippen LogP contribution in [0.2, 0.25) is 0 Å². The van der Waals surface area contributed by atoms with Crippen LogP contribution in [0.15, 0.2) is 53.1 Å². The molecule has 0 atom stereocenters. The fourth-order valence-electron chi connectivity index (χ4n) is 2.62. The second-order valence-corrected chi connectivity index (χ2v) is 6.05. The Balaban J connectivity index is 1.52. The first-order chi connectivity index (χ1) is 12.5. The van der Waals surface area contributed by atoms with Gasteiger partial charge in [0.1, 0.15) is 12.1 Å². The quantitative estimate of drug-likeness (QED) is 0.711. The minimum Gasteiger partial charge on any atom is -0.444 e. The van der Waals surface area contributed by atoms with Gasteiger partial charge in [-0.05, 0) is 49.2 Å². The van der Waals surface area contributed by atoms with Crippen molar-refractivity contribution in [3.8, 4) is 11.5 Å². The van der Waals surface area contributed by atoms with Crippen molar-refractivity contribution in [3.63, 3.8) is 0 Å². The molecule has 0 unspecified atom stereocenters. The van der Waals surface area contributed by atoms with E-state index in [2.05, 4.69) is 15.6 Å². The highest BCUT2D eigenvalue weighted by Crippen LogP contribution is 2.20. The van der Waals surface area contributed by atoms with Gasteiger partial charge in [0.25, 0.3) is 0 Å². The minimum atomic E-state index is -0.306. The molecular weight excluding hydrogens is 333 g/mol. The van der Waals surface area contributed by atoms with Crippen LogP contribution in [-0.4, -0.2) is 17.6 Å². The molecule has 2 aromatic carbocycles. The molecule has 5 nitrogen and oxygen atoms in total. The maximum absolute atomic E-state index is 13.0. The van der Waals surface area contributed by atoms with Gasteiger partial charge in [0.2, 0.25) is 5.89 Å². The van der Waals surface area contributed by atoms with Gasteiger partial charge in [-0.15, -0.1) is 0 Å². The molecule has 0 radical (unpaired) electrons. The number of carbonyl (C=O) groups excluding carboxylic acids is 1. The number of anilines is 1. The highest BCUT2D eigenvalue weighted by atomic mass is 19.1. The number of rotatable bonds is 5. The third-order valence-corrected chi connectivity index (χ3v) is 4.03. The Morgan fingerprint density at radius 1 is 1.12 bits per heavy atom. The number of carbonyl (C=O) groups is 1. The number of hydrogen-bond acceptors (Lipinski definition) is 3. The standard InChI is InChI=1S/C20H20FN3O2/c1-13-4-3-5-14(2)18(13)24-20(25)22-11-10-17-12-26-19(23-17)15-6-8-16(21)9-7-15/h3-9,12H,10-11H2,1-2H3,(H2,22,24,25). The van der Waals surface area contributed by atoms with Gasteiger partial charge in [-0.1, -0.05) is 18.2 Å². The Morgan fingerprint density at radius 2 is 1.81 bits per heavy atom. The lowest BCUT2D eigenvalue weighted by molar-refractivity contribution is 0.252. The van der Waals surface area contributed by atoms with Crippen LogP contribution < -0.4 is 10.6 Å². The van der Waals surface area contributed by atoms with E-state index < -0.39 is 0 Å². The summed E-state index contributed by atoms with van der Waals surface area (Å²) in [5.74, 6) is 0.125. The zero-order valence-electron chi connectivity index (χ0n) is 14.7. The van der Waals surface area contributed by atoms with Crippen molar-refractivity contribution < 1.29 is 13.6 Å². The number of nitrogens with one attached hydrogen (secondary N) is 2. The monoisotopic (exact) mass is 353 g/mol. The molecule has 134 valence electrons. The van der Waals surface area contributed by atoms with Crippen molar-refractivity contribution in [2.24, 2.45) is 0 Å². The van der Waals surface area contributed by atoms with Gasteiger partial charge in [-0.3, -0.25) is 0 Å². The molecule has 0 bridgehead atoms. The summed E-state index contributed by atoms with van der Waals surface area (Å²) in [4.78, 5) is 16.4. The maximum Gasteiger partial charge on any atom is 0.319 e. The zero-order valence-corrected chi connectivity index (χ0v) is 14.7. The molecule has 0 saturated carbocycles. The van der Waals surface area contributed by atoms with Crippen LogP contribution in [0.3, 0.4) is 0 Å². The SMILES string of the molecule is Cc1cccc(C)c1NC(=O)NCCc1coc(-c2ccc(F)cc2)n1. The number of aryl methyl sites for hydroxylation is 2. The van der Waals surface area contributed by atoms with Gasteiger partial charge in [0, 0.05) is 24.2 Å². The Bertz CT molecular complexity index is 883. The molecule has 1 heterocycles. The predicted octanol–water partition coefficient (Wildman–Crippen LogP) is 4.46. The van der Waals surface area contributed by atoms with Crippen LogP contribution in [0.4, 0.5) is 14.9 Å². The first-order valence-electron chi connectivity index (χ1n) is 8.34. The van der Waals surface area contributed by atoms with Crippen LogP contribution in [0, 0.1) is 19.7 Å². The van der Waals surface area contributed by atoms with Crippen molar-refractivity contribution >= 4 is 11.7 Å². The van der Waals surface area contributed by atoms with Crippen molar-refractivity contribution in [3.05, 3.63) is 71.4 Å². The number of oxazole rings is 1. The number of halogens is 1. The van der Waals surface area contributed by atoms with E-state index in [1.54, 1.807) is 18.4 Å². The van der Waals surface area contributed by atoms with Crippen LogP contribution >= 0.6 is 0 Å². The van der Waals surface area contributed by atoms with Gasteiger partial charge < -0.3 is 15.1 Å². The summed E-state index contributed by atoms with van der Waals surface area (Å²) in [6.07, 6.45) is 2.08. The average Bonchev–Trinajstić information content (AvgIpc) is 3.08. The van der Waals surface area contributed by atoms with Gasteiger partial charge in [-0.25, -0.2) is 14.2 Å².